The molecule has 0 heterocycles. The molecule has 1 fully saturated rings. The van der Waals surface area contributed by atoms with Crippen molar-refractivity contribution in [1.29, 1.82) is 0 Å². The molecule has 0 bridgehead atoms. The number of halogens is 2. The molecule has 1 nitrogen and oxygen atoms in total. The smallest absolute Gasteiger partial charge is 0.0453 e. The summed E-state index contributed by atoms with van der Waals surface area (Å²) >= 11 is 12.2. The Morgan fingerprint density at radius 1 is 1.37 bits per heavy atom. The fraction of sp³-hybridized carbons (Fsp3) is 0.625. The third-order valence-corrected chi connectivity index (χ3v) is 4.74. The lowest BCUT2D eigenvalue weighted by atomic mass is 9.82. The average Bonchev–Trinajstić information content (AvgIpc) is 2.72. The maximum Gasteiger partial charge on any atom is 0.0453 e. The van der Waals surface area contributed by atoms with E-state index in [1.54, 1.807) is 0 Å². The van der Waals surface area contributed by atoms with Gasteiger partial charge < -0.3 is 5.32 Å². The van der Waals surface area contributed by atoms with Crippen molar-refractivity contribution in [2.75, 3.05) is 6.54 Å². The predicted octanol–water partition coefficient (Wildman–Crippen LogP) is 5.09. The largest absolute Gasteiger partial charge is 0.314 e. The topological polar surface area (TPSA) is 12.0 Å². The summed E-state index contributed by atoms with van der Waals surface area (Å²) in [6.07, 6.45) is 6.05. The van der Waals surface area contributed by atoms with Crippen LogP contribution in [0.1, 0.15) is 45.1 Å². The van der Waals surface area contributed by atoms with E-state index in [4.69, 9.17) is 23.2 Å². The Kier molecular flexibility index (Phi) is 5.16. The highest BCUT2D eigenvalue weighted by molar-refractivity contribution is 6.35. The van der Waals surface area contributed by atoms with Crippen LogP contribution in [-0.2, 0) is 6.42 Å². The van der Waals surface area contributed by atoms with Crippen LogP contribution in [0.2, 0.25) is 10.0 Å². The van der Waals surface area contributed by atoms with Crippen molar-refractivity contribution in [2.45, 2.75) is 52.0 Å². The molecule has 3 heteroatoms. The van der Waals surface area contributed by atoms with Crippen LogP contribution >= 0.6 is 23.2 Å². The number of hydrogen-bond acceptors (Lipinski definition) is 1. The normalized spacial score (nSPS) is 26.8. The molecule has 2 rings (SSSR count). The second-order valence-corrected chi connectivity index (χ2v) is 6.96. The molecule has 0 aliphatic heterocycles. The minimum Gasteiger partial charge on any atom is -0.314 e. The molecule has 2 atom stereocenters. The zero-order chi connectivity index (χ0) is 13.9. The van der Waals surface area contributed by atoms with Gasteiger partial charge in [-0.25, -0.2) is 0 Å². The van der Waals surface area contributed by atoms with Crippen molar-refractivity contribution < 1.29 is 0 Å². The molecule has 1 aliphatic rings. The molecule has 2 unspecified atom stereocenters. The third kappa shape index (κ3) is 4.11. The van der Waals surface area contributed by atoms with E-state index < -0.39 is 0 Å². The maximum absolute atomic E-state index is 6.29. The van der Waals surface area contributed by atoms with Gasteiger partial charge in [-0.1, -0.05) is 43.1 Å². The van der Waals surface area contributed by atoms with Crippen molar-refractivity contribution >= 4 is 23.2 Å². The molecule has 0 spiro atoms. The lowest BCUT2D eigenvalue weighted by Crippen LogP contribution is -2.29. The van der Waals surface area contributed by atoms with Crippen molar-refractivity contribution in [3.8, 4) is 0 Å². The van der Waals surface area contributed by atoms with Gasteiger partial charge in [-0.15, -0.1) is 0 Å². The molecular weight excluding hydrogens is 277 g/mol. The van der Waals surface area contributed by atoms with E-state index in [2.05, 4.69) is 25.2 Å². The summed E-state index contributed by atoms with van der Waals surface area (Å²) in [5, 5.41) is 5.16. The van der Waals surface area contributed by atoms with E-state index in [9.17, 15) is 0 Å². The summed E-state index contributed by atoms with van der Waals surface area (Å²) in [6.45, 7) is 5.72. The summed E-state index contributed by atoms with van der Waals surface area (Å²) < 4.78 is 0. The SMILES string of the molecule is CCCNC1CCC(C)(Cc2ccc(Cl)cc2Cl)C1. The molecule has 19 heavy (non-hydrogen) atoms. The number of benzene rings is 1. The molecule has 0 amide bonds. The Morgan fingerprint density at radius 2 is 2.16 bits per heavy atom. The van der Waals surface area contributed by atoms with Gasteiger partial charge in [0, 0.05) is 16.1 Å². The van der Waals surface area contributed by atoms with Gasteiger partial charge in [0.1, 0.15) is 0 Å². The van der Waals surface area contributed by atoms with Crippen molar-refractivity contribution in [2.24, 2.45) is 5.41 Å². The highest BCUT2D eigenvalue weighted by Gasteiger charge is 2.35. The van der Waals surface area contributed by atoms with E-state index >= 15 is 0 Å². The highest BCUT2D eigenvalue weighted by Crippen LogP contribution is 2.41. The van der Waals surface area contributed by atoms with Crippen LogP contribution in [0.25, 0.3) is 0 Å². The first-order valence-corrected chi connectivity index (χ1v) is 7.95. The number of rotatable bonds is 5. The molecule has 1 saturated carbocycles. The molecule has 1 aromatic carbocycles. The molecule has 1 aromatic rings. The van der Waals surface area contributed by atoms with Crippen LogP contribution in [0.3, 0.4) is 0 Å². The molecule has 106 valence electrons. The Labute approximate surface area is 126 Å². The van der Waals surface area contributed by atoms with Gasteiger partial charge >= 0.3 is 0 Å². The van der Waals surface area contributed by atoms with E-state index in [1.807, 2.05) is 12.1 Å². The minimum absolute atomic E-state index is 0.364. The highest BCUT2D eigenvalue weighted by atomic mass is 35.5. The van der Waals surface area contributed by atoms with E-state index in [0.29, 0.717) is 16.5 Å². The van der Waals surface area contributed by atoms with E-state index in [0.717, 1.165) is 18.0 Å². The maximum atomic E-state index is 6.29. The lowest BCUT2D eigenvalue weighted by Gasteiger charge is -2.25. The van der Waals surface area contributed by atoms with Crippen molar-refractivity contribution in [3.63, 3.8) is 0 Å². The first-order chi connectivity index (χ1) is 9.02. The number of hydrogen-bond donors (Lipinski definition) is 1. The van der Waals surface area contributed by atoms with Crippen LogP contribution in [-0.4, -0.2) is 12.6 Å². The van der Waals surface area contributed by atoms with Crippen molar-refractivity contribution in [1.82, 2.24) is 5.32 Å². The van der Waals surface area contributed by atoms with E-state index in [1.165, 1.54) is 31.2 Å². The molecule has 0 saturated heterocycles. The van der Waals surface area contributed by atoms with Gasteiger partial charge in [0.05, 0.1) is 0 Å². The van der Waals surface area contributed by atoms with Gasteiger partial charge in [-0.05, 0) is 61.8 Å². The summed E-state index contributed by atoms with van der Waals surface area (Å²) in [5.74, 6) is 0. The fourth-order valence-electron chi connectivity index (χ4n) is 3.13. The Morgan fingerprint density at radius 3 is 2.84 bits per heavy atom. The molecular formula is C16H23Cl2N. The van der Waals surface area contributed by atoms with Crippen LogP contribution in [0.15, 0.2) is 18.2 Å². The Bertz CT molecular complexity index is 433. The first-order valence-electron chi connectivity index (χ1n) is 7.20. The summed E-state index contributed by atoms with van der Waals surface area (Å²) in [5.41, 5.74) is 1.59. The van der Waals surface area contributed by atoms with Gasteiger partial charge in [-0.3, -0.25) is 0 Å². The fourth-order valence-corrected chi connectivity index (χ4v) is 3.61. The number of nitrogens with one attached hydrogen (secondary N) is 1. The van der Waals surface area contributed by atoms with Crippen LogP contribution < -0.4 is 5.32 Å². The predicted molar refractivity (Wildman–Crippen MR) is 84.2 cm³/mol. The monoisotopic (exact) mass is 299 g/mol. The zero-order valence-electron chi connectivity index (χ0n) is 11.8. The molecule has 0 aromatic heterocycles. The Hall–Kier alpha value is -0.240. The Balaban J connectivity index is 1.98. The zero-order valence-corrected chi connectivity index (χ0v) is 13.3. The standard InChI is InChI=1S/C16H23Cl2N/c1-3-8-19-14-6-7-16(2,11-14)10-12-4-5-13(17)9-15(12)18/h4-5,9,14,19H,3,6-8,10-11H2,1-2H3. The molecule has 0 radical (unpaired) electrons. The second-order valence-electron chi connectivity index (χ2n) is 6.12. The van der Waals surface area contributed by atoms with E-state index in [-0.39, 0.29) is 0 Å². The summed E-state index contributed by atoms with van der Waals surface area (Å²) in [4.78, 5) is 0. The summed E-state index contributed by atoms with van der Waals surface area (Å²) in [6, 6.07) is 6.54. The minimum atomic E-state index is 0.364. The third-order valence-electron chi connectivity index (χ3n) is 4.15. The quantitative estimate of drug-likeness (QED) is 0.798. The molecule has 1 aliphatic carbocycles. The first kappa shape index (κ1) is 15.2. The average molecular weight is 300 g/mol. The van der Waals surface area contributed by atoms with Crippen LogP contribution in [0.4, 0.5) is 0 Å². The van der Waals surface area contributed by atoms with Gasteiger partial charge in [-0.2, -0.15) is 0 Å². The second kappa shape index (κ2) is 6.47. The van der Waals surface area contributed by atoms with Crippen LogP contribution in [0, 0.1) is 5.41 Å². The lowest BCUT2D eigenvalue weighted by molar-refractivity contribution is 0.322. The van der Waals surface area contributed by atoms with Gasteiger partial charge in [0.25, 0.3) is 0 Å². The molecule has 1 N–H and O–H groups in total. The van der Waals surface area contributed by atoms with Gasteiger partial charge in [0.15, 0.2) is 0 Å². The van der Waals surface area contributed by atoms with Crippen LogP contribution in [0.5, 0.6) is 0 Å². The van der Waals surface area contributed by atoms with Gasteiger partial charge in [0.2, 0.25) is 0 Å². The summed E-state index contributed by atoms with van der Waals surface area (Å²) in [7, 11) is 0. The van der Waals surface area contributed by atoms with Crippen molar-refractivity contribution in [3.05, 3.63) is 33.8 Å².